The second-order valence-electron chi connectivity index (χ2n) is 3.07. The number of hydrogen-bond donors (Lipinski definition) is 3. The molecule has 5 nitrogen and oxygen atoms in total. The summed E-state index contributed by atoms with van der Waals surface area (Å²) in [5.41, 5.74) is 0.495. The van der Waals surface area contributed by atoms with E-state index in [0.29, 0.717) is 0 Å². The lowest BCUT2D eigenvalue weighted by molar-refractivity contribution is -0.136. The van der Waals surface area contributed by atoms with E-state index in [9.17, 15) is 14.7 Å². The molecule has 0 aromatic heterocycles. The molecule has 1 rings (SSSR count). The average Bonchev–Trinajstić information content (AvgIpc) is 2.10. The Morgan fingerprint density at radius 3 is 2.60 bits per heavy atom. The van der Waals surface area contributed by atoms with Crippen molar-refractivity contribution in [3.63, 3.8) is 0 Å². The van der Waals surface area contributed by atoms with Crippen molar-refractivity contribution in [1.82, 2.24) is 0 Å². The van der Waals surface area contributed by atoms with E-state index in [1.807, 2.05) is 0 Å². The fraction of sp³-hybridized carbons (Fsp3) is 0.200. The molecule has 0 fully saturated rings. The molecule has 0 aliphatic rings. The third-order valence-corrected chi connectivity index (χ3v) is 1.77. The maximum absolute atomic E-state index is 10.8. The van der Waals surface area contributed by atoms with Crippen LogP contribution < -0.4 is 5.32 Å². The molecule has 1 aromatic carbocycles. The number of aromatic hydroxyl groups is 1. The maximum Gasteiger partial charge on any atom is 0.307 e. The van der Waals surface area contributed by atoms with E-state index >= 15 is 0 Å². The number of phenolic OH excluding ortho intramolecular Hbond substituents is 1. The highest BCUT2D eigenvalue weighted by atomic mass is 16.4. The normalized spacial score (nSPS) is 9.67. The van der Waals surface area contributed by atoms with Gasteiger partial charge < -0.3 is 15.5 Å². The summed E-state index contributed by atoms with van der Waals surface area (Å²) in [5.74, 6) is -1.56. The molecule has 3 N–H and O–H groups in total. The number of carboxylic acids is 1. The summed E-state index contributed by atoms with van der Waals surface area (Å²) in [7, 11) is 0. The molecule has 1 aromatic rings. The molecule has 0 saturated heterocycles. The molecule has 5 heteroatoms. The van der Waals surface area contributed by atoms with E-state index in [0.717, 1.165) is 0 Å². The van der Waals surface area contributed by atoms with Crippen LogP contribution in [0.1, 0.15) is 12.5 Å². The fourth-order valence-electron chi connectivity index (χ4n) is 1.19. The van der Waals surface area contributed by atoms with Gasteiger partial charge in [-0.15, -0.1) is 0 Å². The Labute approximate surface area is 86.4 Å². The summed E-state index contributed by atoms with van der Waals surface area (Å²) < 4.78 is 0. The predicted molar refractivity (Wildman–Crippen MR) is 53.8 cm³/mol. The molecule has 0 aliphatic heterocycles. The molecule has 0 bridgehead atoms. The highest BCUT2D eigenvalue weighted by Crippen LogP contribution is 2.27. The molecule has 0 heterocycles. The van der Waals surface area contributed by atoms with Crippen LogP contribution in [-0.4, -0.2) is 22.1 Å². The molecule has 0 atom stereocenters. The van der Waals surface area contributed by atoms with Crippen molar-refractivity contribution in [2.75, 3.05) is 5.32 Å². The Kier molecular flexibility index (Phi) is 3.28. The number of rotatable bonds is 3. The molecular weight excluding hydrogens is 198 g/mol. The highest BCUT2D eigenvalue weighted by Gasteiger charge is 2.10. The fourth-order valence-corrected chi connectivity index (χ4v) is 1.19. The molecule has 0 unspecified atom stereocenters. The summed E-state index contributed by atoms with van der Waals surface area (Å²) >= 11 is 0. The first-order valence-electron chi connectivity index (χ1n) is 4.31. The van der Waals surface area contributed by atoms with Crippen molar-refractivity contribution in [3.05, 3.63) is 23.8 Å². The van der Waals surface area contributed by atoms with Crippen LogP contribution in [0.3, 0.4) is 0 Å². The third-order valence-electron chi connectivity index (χ3n) is 1.77. The van der Waals surface area contributed by atoms with Gasteiger partial charge in [-0.1, -0.05) is 12.1 Å². The quantitative estimate of drug-likeness (QED) is 0.647. The Morgan fingerprint density at radius 1 is 1.40 bits per heavy atom. The van der Waals surface area contributed by atoms with Gasteiger partial charge in [0.2, 0.25) is 5.91 Å². The zero-order valence-corrected chi connectivity index (χ0v) is 8.15. The monoisotopic (exact) mass is 209 g/mol. The second kappa shape index (κ2) is 4.45. The molecular formula is C10H11NO4. The standard InChI is InChI=1S/C10H11NO4/c1-6(12)11-8-4-2-3-7(10(8)15)5-9(13)14/h2-4,15H,5H2,1H3,(H,11,12)(H,13,14). The van der Waals surface area contributed by atoms with E-state index in [2.05, 4.69) is 5.32 Å². The SMILES string of the molecule is CC(=O)Nc1cccc(CC(=O)O)c1O. The van der Waals surface area contributed by atoms with Crippen LogP contribution in [0.4, 0.5) is 5.69 Å². The first-order valence-corrected chi connectivity index (χ1v) is 4.31. The van der Waals surface area contributed by atoms with E-state index in [4.69, 9.17) is 5.11 Å². The van der Waals surface area contributed by atoms with Crippen molar-refractivity contribution in [3.8, 4) is 5.75 Å². The number of para-hydroxylation sites is 1. The number of carbonyl (C=O) groups excluding carboxylic acids is 1. The lowest BCUT2D eigenvalue weighted by Gasteiger charge is -2.08. The molecule has 0 aliphatic carbocycles. The van der Waals surface area contributed by atoms with Gasteiger partial charge >= 0.3 is 5.97 Å². The number of nitrogens with one attached hydrogen (secondary N) is 1. The Hall–Kier alpha value is -2.04. The minimum atomic E-state index is -1.04. The first-order chi connectivity index (χ1) is 7.00. The number of amides is 1. The van der Waals surface area contributed by atoms with Gasteiger partial charge in [-0.3, -0.25) is 9.59 Å². The summed E-state index contributed by atoms with van der Waals surface area (Å²) in [4.78, 5) is 21.2. The summed E-state index contributed by atoms with van der Waals surface area (Å²) in [5, 5.41) is 20.6. The van der Waals surface area contributed by atoms with E-state index in [1.165, 1.54) is 19.1 Å². The van der Waals surface area contributed by atoms with Crippen molar-refractivity contribution in [2.24, 2.45) is 0 Å². The number of anilines is 1. The van der Waals surface area contributed by atoms with Crippen molar-refractivity contribution < 1.29 is 19.8 Å². The van der Waals surface area contributed by atoms with Gasteiger partial charge in [-0.25, -0.2) is 0 Å². The van der Waals surface area contributed by atoms with Crippen LogP contribution in [0.25, 0.3) is 0 Å². The van der Waals surface area contributed by atoms with Crippen LogP contribution in [0.15, 0.2) is 18.2 Å². The molecule has 80 valence electrons. The van der Waals surface area contributed by atoms with Crippen molar-refractivity contribution in [2.45, 2.75) is 13.3 Å². The molecule has 0 spiro atoms. The smallest absolute Gasteiger partial charge is 0.307 e. The number of hydrogen-bond acceptors (Lipinski definition) is 3. The molecule has 0 radical (unpaired) electrons. The van der Waals surface area contributed by atoms with E-state index in [1.54, 1.807) is 6.07 Å². The molecule has 15 heavy (non-hydrogen) atoms. The number of phenols is 1. The van der Waals surface area contributed by atoms with Crippen LogP contribution in [0.2, 0.25) is 0 Å². The van der Waals surface area contributed by atoms with Gasteiger partial charge in [0.15, 0.2) is 0 Å². The van der Waals surface area contributed by atoms with E-state index < -0.39 is 5.97 Å². The third kappa shape index (κ3) is 2.98. The average molecular weight is 209 g/mol. The molecule has 1 amide bonds. The Balaban J connectivity index is 2.99. The van der Waals surface area contributed by atoms with Crippen molar-refractivity contribution >= 4 is 17.6 Å². The largest absolute Gasteiger partial charge is 0.505 e. The number of carbonyl (C=O) groups is 2. The topological polar surface area (TPSA) is 86.6 Å². The minimum Gasteiger partial charge on any atom is -0.505 e. The van der Waals surface area contributed by atoms with Gasteiger partial charge in [0.05, 0.1) is 12.1 Å². The summed E-state index contributed by atoms with van der Waals surface area (Å²) in [6, 6.07) is 4.57. The van der Waals surface area contributed by atoms with E-state index in [-0.39, 0.29) is 29.3 Å². The van der Waals surface area contributed by atoms with Gasteiger partial charge in [-0.05, 0) is 6.07 Å². The van der Waals surface area contributed by atoms with Crippen LogP contribution in [0.5, 0.6) is 5.75 Å². The Bertz CT molecular complexity index is 366. The summed E-state index contributed by atoms with van der Waals surface area (Å²) in [6.07, 6.45) is -0.279. The lowest BCUT2D eigenvalue weighted by atomic mass is 10.1. The zero-order valence-electron chi connectivity index (χ0n) is 8.15. The van der Waals surface area contributed by atoms with Crippen LogP contribution >= 0.6 is 0 Å². The first kappa shape index (κ1) is 11.0. The Morgan fingerprint density at radius 2 is 2.07 bits per heavy atom. The lowest BCUT2D eigenvalue weighted by Crippen LogP contribution is -2.07. The summed E-state index contributed by atoms with van der Waals surface area (Å²) in [6.45, 7) is 1.31. The maximum atomic E-state index is 10.8. The number of aliphatic carboxylic acids is 1. The van der Waals surface area contributed by atoms with Crippen LogP contribution in [-0.2, 0) is 16.0 Å². The van der Waals surface area contributed by atoms with Crippen molar-refractivity contribution in [1.29, 1.82) is 0 Å². The molecule has 0 saturated carbocycles. The highest BCUT2D eigenvalue weighted by molar-refractivity contribution is 5.90. The van der Waals surface area contributed by atoms with Gasteiger partial charge in [0.25, 0.3) is 0 Å². The van der Waals surface area contributed by atoms with Crippen LogP contribution in [0, 0.1) is 0 Å². The number of carboxylic acid groups (broad SMARTS) is 1. The van der Waals surface area contributed by atoms with Gasteiger partial charge in [0.1, 0.15) is 5.75 Å². The zero-order chi connectivity index (χ0) is 11.4. The minimum absolute atomic E-state index is 0.199. The second-order valence-corrected chi connectivity index (χ2v) is 3.07. The number of benzene rings is 1. The predicted octanol–water partition coefficient (Wildman–Crippen LogP) is 0.978. The van der Waals surface area contributed by atoms with Gasteiger partial charge in [0, 0.05) is 12.5 Å². The van der Waals surface area contributed by atoms with Gasteiger partial charge in [-0.2, -0.15) is 0 Å².